The third-order valence-corrected chi connectivity index (χ3v) is 2.76. The summed E-state index contributed by atoms with van der Waals surface area (Å²) >= 11 is 3.10. The van der Waals surface area contributed by atoms with Gasteiger partial charge in [0.1, 0.15) is 11.9 Å². The molecule has 3 N–H and O–H groups in total. The normalized spacial score (nSPS) is 14.3. The Hall–Kier alpha value is -1.18. The number of halogens is 1. The quantitative estimate of drug-likeness (QED) is 0.434. The van der Waals surface area contributed by atoms with Crippen LogP contribution in [0.4, 0.5) is 5.69 Å². The van der Waals surface area contributed by atoms with E-state index in [9.17, 15) is 20.3 Å². The molecule has 0 aliphatic rings. The summed E-state index contributed by atoms with van der Waals surface area (Å²) in [5.74, 6) is -0.261. The summed E-state index contributed by atoms with van der Waals surface area (Å²) in [6.45, 7) is 0. The Morgan fingerprint density at radius 1 is 1.41 bits per heavy atom. The van der Waals surface area contributed by atoms with E-state index in [-0.39, 0.29) is 17.7 Å². The van der Waals surface area contributed by atoms with E-state index in [1.807, 2.05) is 0 Å². The highest BCUT2D eigenvalue weighted by Gasteiger charge is 2.26. The maximum Gasteiger partial charge on any atom is 0.278 e. The number of nitro groups is 1. The molecule has 1 aromatic carbocycles. The first-order valence-electron chi connectivity index (χ1n) is 4.86. The van der Waals surface area contributed by atoms with E-state index in [0.29, 0.717) is 5.33 Å². The van der Waals surface area contributed by atoms with Gasteiger partial charge in [0.2, 0.25) is 0 Å². The minimum Gasteiger partial charge on any atom is -0.508 e. The minimum absolute atomic E-state index is 0.0127. The lowest BCUT2D eigenvalue weighted by atomic mass is 10.0. The maximum atomic E-state index is 10.8. The molecular formula is C10H12BrNO5. The summed E-state index contributed by atoms with van der Waals surface area (Å²) in [6.07, 6.45) is -2.19. The molecule has 1 aromatic rings. The predicted octanol–water partition coefficient (Wildman–Crippen LogP) is 1.48. The SMILES string of the molecule is O=[N+]([O-])c1cc(O)ccc1C(O)C(O)CCBr. The van der Waals surface area contributed by atoms with Crippen LogP contribution in [0.3, 0.4) is 0 Å². The van der Waals surface area contributed by atoms with Crippen LogP contribution in [0.5, 0.6) is 5.75 Å². The Balaban J connectivity index is 3.08. The second-order valence-electron chi connectivity index (χ2n) is 3.49. The predicted molar refractivity (Wildman–Crippen MR) is 64.1 cm³/mol. The fraction of sp³-hybridized carbons (Fsp3) is 0.400. The molecule has 2 atom stereocenters. The molecule has 1 rings (SSSR count). The molecule has 94 valence electrons. The number of aliphatic hydroxyl groups excluding tert-OH is 2. The van der Waals surface area contributed by atoms with Crippen LogP contribution >= 0.6 is 15.9 Å². The molecule has 0 aliphatic carbocycles. The number of alkyl halides is 1. The van der Waals surface area contributed by atoms with Gasteiger partial charge in [0.05, 0.1) is 22.7 Å². The van der Waals surface area contributed by atoms with Crippen LogP contribution in [-0.4, -0.2) is 31.7 Å². The number of nitro benzene ring substituents is 1. The fourth-order valence-corrected chi connectivity index (χ4v) is 1.89. The van der Waals surface area contributed by atoms with Crippen molar-refractivity contribution in [3.8, 4) is 5.75 Å². The standard InChI is InChI=1S/C10H12BrNO5/c11-4-3-9(14)10(15)7-2-1-6(13)5-8(7)12(16)17/h1-2,5,9-10,13-15H,3-4H2. The zero-order chi connectivity index (χ0) is 13.0. The number of benzene rings is 1. The third-order valence-electron chi connectivity index (χ3n) is 2.30. The molecule has 7 heteroatoms. The highest BCUT2D eigenvalue weighted by molar-refractivity contribution is 9.09. The van der Waals surface area contributed by atoms with Crippen molar-refractivity contribution in [2.24, 2.45) is 0 Å². The van der Waals surface area contributed by atoms with E-state index >= 15 is 0 Å². The van der Waals surface area contributed by atoms with Crippen LogP contribution in [0.15, 0.2) is 18.2 Å². The smallest absolute Gasteiger partial charge is 0.278 e. The minimum atomic E-state index is -1.35. The lowest BCUT2D eigenvalue weighted by Gasteiger charge is -2.17. The van der Waals surface area contributed by atoms with E-state index in [0.717, 1.165) is 6.07 Å². The van der Waals surface area contributed by atoms with Crippen LogP contribution in [0.25, 0.3) is 0 Å². The Labute approximate surface area is 106 Å². The van der Waals surface area contributed by atoms with Crippen LogP contribution in [0.2, 0.25) is 0 Å². The number of phenols is 1. The van der Waals surface area contributed by atoms with Crippen molar-refractivity contribution >= 4 is 21.6 Å². The molecule has 0 radical (unpaired) electrons. The summed E-state index contributed by atoms with van der Waals surface area (Å²) < 4.78 is 0. The molecule has 0 amide bonds. The van der Waals surface area contributed by atoms with Gasteiger partial charge in [-0.25, -0.2) is 0 Å². The average molecular weight is 306 g/mol. The maximum absolute atomic E-state index is 10.8. The van der Waals surface area contributed by atoms with E-state index in [2.05, 4.69) is 15.9 Å². The average Bonchev–Trinajstić information content (AvgIpc) is 2.28. The van der Waals surface area contributed by atoms with Crippen molar-refractivity contribution in [3.63, 3.8) is 0 Å². The van der Waals surface area contributed by atoms with Crippen molar-refractivity contribution in [1.82, 2.24) is 0 Å². The van der Waals surface area contributed by atoms with Crippen LogP contribution < -0.4 is 0 Å². The Morgan fingerprint density at radius 3 is 2.59 bits per heavy atom. The monoisotopic (exact) mass is 305 g/mol. The Bertz CT molecular complexity index is 412. The van der Waals surface area contributed by atoms with Gasteiger partial charge >= 0.3 is 0 Å². The van der Waals surface area contributed by atoms with Gasteiger partial charge in [-0.05, 0) is 18.6 Å². The number of rotatable bonds is 5. The van der Waals surface area contributed by atoms with E-state index in [4.69, 9.17) is 5.11 Å². The molecule has 0 aromatic heterocycles. The number of aromatic hydroxyl groups is 1. The molecule has 0 fully saturated rings. The fourth-order valence-electron chi connectivity index (χ4n) is 1.42. The van der Waals surface area contributed by atoms with Crippen molar-refractivity contribution in [1.29, 1.82) is 0 Å². The number of hydrogen-bond acceptors (Lipinski definition) is 5. The zero-order valence-corrected chi connectivity index (χ0v) is 10.4. The van der Waals surface area contributed by atoms with Crippen LogP contribution in [0.1, 0.15) is 18.1 Å². The summed E-state index contributed by atoms with van der Waals surface area (Å²) in [7, 11) is 0. The second kappa shape index (κ2) is 5.95. The van der Waals surface area contributed by atoms with Gasteiger partial charge in [0, 0.05) is 5.33 Å². The van der Waals surface area contributed by atoms with Gasteiger partial charge in [-0.15, -0.1) is 0 Å². The third kappa shape index (κ3) is 3.39. The summed E-state index contributed by atoms with van der Waals surface area (Å²) in [4.78, 5) is 10.0. The molecule has 0 aliphatic heterocycles. The first kappa shape index (κ1) is 13.9. The molecular weight excluding hydrogens is 294 g/mol. The van der Waals surface area contributed by atoms with Gasteiger partial charge in [-0.2, -0.15) is 0 Å². The van der Waals surface area contributed by atoms with Gasteiger partial charge < -0.3 is 15.3 Å². The van der Waals surface area contributed by atoms with Crippen molar-refractivity contribution in [2.45, 2.75) is 18.6 Å². The Kier molecular flexibility index (Phi) is 4.86. The van der Waals surface area contributed by atoms with Crippen molar-refractivity contribution in [2.75, 3.05) is 5.33 Å². The van der Waals surface area contributed by atoms with Gasteiger partial charge in [-0.1, -0.05) is 15.9 Å². The Morgan fingerprint density at radius 2 is 2.06 bits per heavy atom. The largest absolute Gasteiger partial charge is 0.508 e. The van der Waals surface area contributed by atoms with Crippen molar-refractivity contribution in [3.05, 3.63) is 33.9 Å². The first-order valence-corrected chi connectivity index (χ1v) is 5.99. The molecule has 6 nitrogen and oxygen atoms in total. The summed E-state index contributed by atoms with van der Waals surface area (Å²) in [5, 5.41) is 39.7. The lowest BCUT2D eigenvalue weighted by molar-refractivity contribution is -0.386. The highest BCUT2D eigenvalue weighted by Crippen LogP contribution is 2.31. The topological polar surface area (TPSA) is 104 Å². The number of hydrogen-bond donors (Lipinski definition) is 3. The van der Waals surface area contributed by atoms with Gasteiger partial charge in [0.25, 0.3) is 5.69 Å². The van der Waals surface area contributed by atoms with E-state index in [1.54, 1.807) is 0 Å². The summed E-state index contributed by atoms with van der Waals surface area (Å²) in [6, 6.07) is 3.40. The molecule has 0 saturated carbocycles. The van der Waals surface area contributed by atoms with Crippen molar-refractivity contribution < 1.29 is 20.2 Å². The van der Waals surface area contributed by atoms with E-state index < -0.39 is 22.8 Å². The van der Waals surface area contributed by atoms with Gasteiger partial charge in [-0.3, -0.25) is 10.1 Å². The number of phenolic OH excluding ortho intramolecular Hbond substituents is 1. The van der Waals surface area contributed by atoms with Crippen LogP contribution in [0, 0.1) is 10.1 Å². The first-order chi connectivity index (χ1) is 7.97. The molecule has 17 heavy (non-hydrogen) atoms. The molecule has 0 spiro atoms. The molecule has 0 saturated heterocycles. The highest BCUT2D eigenvalue weighted by atomic mass is 79.9. The zero-order valence-electron chi connectivity index (χ0n) is 8.78. The summed E-state index contributed by atoms with van der Waals surface area (Å²) in [5.41, 5.74) is -0.424. The molecule has 2 unspecified atom stereocenters. The van der Waals surface area contributed by atoms with E-state index in [1.165, 1.54) is 12.1 Å². The molecule has 0 heterocycles. The lowest BCUT2D eigenvalue weighted by Crippen LogP contribution is -2.19. The molecule has 0 bridgehead atoms. The second-order valence-corrected chi connectivity index (χ2v) is 4.28. The van der Waals surface area contributed by atoms with Crippen LogP contribution in [-0.2, 0) is 0 Å². The number of aliphatic hydroxyl groups is 2. The van der Waals surface area contributed by atoms with Gasteiger partial charge in [0.15, 0.2) is 0 Å². The number of nitrogens with zero attached hydrogens (tertiary/aromatic N) is 1.